The van der Waals surface area contributed by atoms with Crippen LogP contribution in [0.4, 0.5) is 0 Å². The summed E-state index contributed by atoms with van der Waals surface area (Å²) >= 11 is 5.79. The molecule has 4 nitrogen and oxygen atoms in total. The maximum Gasteiger partial charge on any atom is 0.221 e. The summed E-state index contributed by atoms with van der Waals surface area (Å²) in [6, 6.07) is 5.74. The average molecular weight is 259 g/mol. The monoisotopic (exact) mass is 258 g/mol. The lowest BCUT2D eigenvalue weighted by Crippen LogP contribution is -2.82. The zero-order valence-corrected chi connectivity index (χ0v) is 10.7. The largest absolute Gasteiger partial charge is 0.497 e. The number of hydrogen-bond acceptors (Lipinski definition) is 3. The van der Waals surface area contributed by atoms with E-state index in [9.17, 15) is 0 Å². The lowest BCUT2D eigenvalue weighted by Gasteiger charge is -2.13. The number of nitrogens with two attached hydrogens (primary N) is 1. The molecule has 1 aliphatic heterocycles. The number of methoxy groups -OCH3 is 2. The minimum atomic E-state index is -0.0420. The van der Waals surface area contributed by atoms with Gasteiger partial charge in [0.05, 0.1) is 25.7 Å². The highest BCUT2D eigenvalue weighted by Gasteiger charge is 2.31. The smallest absolute Gasteiger partial charge is 0.221 e. The summed E-state index contributed by atoms with van der Waals surface area (Å²) in [5, 5.41) is 2.12. The number of benzene rings is 1. The Bertz CT molecular complexity index is 386. The van der Waals surface area contributed by atoms with Crippen molar-refractivity contribution in [2.45, 2.75) is 12.3 Å². The van der Waals surface area contributed by atoms with Gasteiger partial charge in [0, 0.05) is 6.07 Å². The van der Waals surface area contributed by atoms with Crippen molar-refractivity contribution in [1.82, 2.24) is 0 Å². The Kier molecular flexibility index (Phi) is 4.10. The van der Waals surface area contributed by atoms with E-state index >= 15 is 0 Å². The second-order valence-corrected chi connectivity index (χ2v) is 4.22. The molecule has 1 heterocycles. The molecule has 0 aromatic heterocycles. The standard InChI is InChI=1S/C12H16ClNO3/c1-15-8-3-4-10(11(5-8)16-2)12-14-7-9(6-13)17-12/h3-5,9,12,14H,6-7H2,1-2H3/p+1/t9-,12-/m1/s1. The molecule has 5 heteroatoms. The highest BCUT2D eigenvalue weighted by atomic mass is 35.5. The molecule has 2 atom stereocenters. The third-order valence-electron chi connectivity index (χ3n) is 2.87. The van der Waals surface area contributed by atoms with E-state index in [1.54, 1.807) is 14.2 Å². The van der Waals surface area contributed by atoms with Gasteiger partial charge in [0.1, 0.15) is 24.1 Å². The molecule has 17 heavy (non-hydrogen) atoms. The van der Waals surface area contributed by atoms with Gasteiger partial charge in [-0.3, -0.25) is 0 Å². The fourth-order valence-corrected chi connectivity index (χ4v) is 2.15. The van der Waals surface area contributed by atoms with Gasteiger partial charge in [0.25, 0.3) is 0 Å². The lowest BCUT2D eigenvalue weighted by atomic mass is 10.1. The number of hydrogen-bond donors (Lipinski definition) is 1. The van der Waals surface area contributed by atoms with E-state index < -0.39 is 0 Å². The summed E-state index contributed by atoms with van der Waals surface area (Å²) in [4.78, 5) is 0. The first-order chi connectivity index (χ1) is 8.28. The molecule has 0 amide bonds. The molecule has 1 aliphatic rings. The van der Waals surface area contributed by atoms with E-state index in [1.165, 1.54) is 0 Å². The third kappa shape index (κ3) is 2.65. The highest BCUT2D eigenvalue weighted by molar-refractivity contribution is 6.18. The van der Waals surface area contributed by atoms with E-state index in [4.69, 9.17) is 25.8 Å². The van der Waals surface area contributed by atoms with Gasteiger partial charge in [0.15, 0.2) is 0 Å². The van der Waals surface area contributed by atoms with Crippen molar-refractivity contribution in [3.05, 3.63) is 23.8 Å². The van der Waals surface area contributed by atoms with Gasteiger partial charge in [0.2, 0.25) is 6.23 Å². The Morgan fingerprint density at radius 1 is 1.41 bits per heavy atom. The van der Waals surface area contributed by atoms with Gasteiger partial charge < -0.3 is 19.5 Å². The van der Waals surface area contributed by atoms with Crippen molar-refractivity contribution in [2.75, 3.05) is 26.6 Å². The number of rotatable bonds is 4. The number of halogens is 1. The molecule has 1 aromatic carbocycles. The van der Waals surface area contributed by atoms with E-state index in [-0.39, 0.29) is 12.3 Å². The molecule has 1 fully saturated rings. The maximum absolute atomic E-state index is 5.80. The Labute approximate surface area is 106 Å². The molecule has 2 N–H and O–H groups in total. The van der Waals surface area contributed by atoms with Crippen molar-refractivity contribution < 1.29 is 19.5 Å². The molecule has 0 radical (unpaired) electrons. The van der Waals surface area contributed by atoms with Crippen LogP contribution in [0.2, 0.25) is 0 Å². The van der Waals surface area contributed by atoms with Crippen molar-refractivity contribution in [1.29, 1.82) is 0 Å². The number of quaternary nitrogens is 1. The Hall–Kier alpha value is -0.970. The number of ether oxygens (including phenoxy) is 3. The number of alkyl halides is 1. The second-order valence-electron chi connectivity index (χ2n) is 3.91. The molecule has 0 bridgehead atoms. The molecule has 1 aromatic rings. The Morgan fingerprint density at radius 2 is 2.24 bits per heavy atom. The highest BCUT2D eigenvalue weighted by Crippen LogP contribution is 2.30. The van der Waals surface area contributed by atoms with Crippen LogP contribution in [0.15, 0.2) is 18.2 Å². The van der Waals surface area contributed by atoms with Crippen LogP contribution in [0, 0.1) is 0 Å². The molecule has 0 aliphatic carbocycles. The van der Waals surface area contributed by atoms with Crippen molar-refractivity contribution in [2.24, 2.45) is 0 Å². The quantitative estimate of drug-likeness (QED) is 0.817. The van der Waals surface area contributed by atoms with Crippen molar-refractivity contribution in [3.8, 4) is 11.5 Å². The minimum absolute atomic E-state index is 0.0420. The topological polar surface area (TPSA) is 44.3 Å². The first-order valence-electron chi connectivity index (χ1n) is 5.55. The summed E-state index contributed by atoms with van der Waals surface area (Å²) in [7, 11) is 3.28. The van der Waals surface area contributed by atoms with Crippen LogP contribution in [0.5, 0.6) is 11.5 Å². The van der Waals surface area contributed by atoms with Crippen LogP contribution in [0.3, 0.4) is 0 Å². The predicted molar refractivity (Wildman–Crippen MR) is 64.7 cm³/mol. The fourth-order valence-electron chi connectivity index (χ4n) is 1.95. The van der Waals surface area contributed by atoms with Crippen molar-refractivity contribution in [3.63, 3.8) is 0 Å². The van der Waals surface area contributed by atoms with Gasteiger partial charge in [-0.25, -0.2) is 0 Å². The van der Waals surface area contributed by atoms with Crippen LogP contribution in [-0.2, 0) is 4.74 Å². The second kappa shape index (κ2) is 5.58. The van der Waals surface area contributed by atoms with Gasteiger partial charge in [-0.1, -0.05) is 0 Å². The van der Waals surface area contributed by atoms with Gasteiger partial charge in [-0.2, -0.15) is 0 Å². The van der Waals surface area contributed by atoms with Crippen LogP contribution >= 0.6 is 11.6 Å². The maximum atomic E-state index is 5.80. The van der Waals surface area contributed by atoms with E-state index in [2.05, 4.69) is 5.32 Å². The molecule has 0 spiro atoms. The minimum Gasteiger partial charge on any atom is -0.497 e. The fraction of sp³-hybridized carbons (Fsp3) is 0.500. The van der Waals surface area contributed by atoms with Gasteiger partial charge >= 0.3 is 0 Å². The zero-order valence-electron chi connectivity index (χ0n) is 9.98. The molecular formula is C12H17ClNO3+. The van der Waals surface area contributed by atoms with E-state index in [1.807, 2.05) is 18.2 Å². The predicted octanol–water partition coefficient (Wildman–Crippen LogP) is 0.903. The zero-order chi connectivity index (χ0) is 12.3. The normalized spacial score (nSPS) is 23.7. The average Bonchev–Trinajstić information content (AvgIpc) is 2.86. The summed E-state index contributed by atoms with van der Waals surface area (Å²) in [5.74, 6) is 2.07. The van der Waals surface area contributed by atoms with Gasteiger partial charge in [-0.15, -0.1) is 11.6 Å². The van der Waals surface area contributed by atoms with E-state index in [0.717, 1.165) is 23.6 Å². The molecule has 0 unspecified atom stereocenters. The summed E-state index contributed by atoms with van der Waals surface area (Å²) < 4.78 is 16.3. The molecule has 2 rings (SSSR count). The third-order valence-corrected chi connectivity index (χ3v) is 3.22. The summed E-state index contributed by atoms with van der Waals surface area (Å²) in [5.41, 5.74) is 1.01. The first kappa shape index (κ1) is 12.5. The van der Waals surface area contributed by atoms with Gasteiger partial charge in [-0.05, 0) is 12.1 Å². The van der Waals surface area contributed by atoms with Crippen LogP contribution < -0.4 is 14.8 Å². The van der Waals surface area contributed by atoms with Crippen molar-refractivity contribution >= 4 is 11.6 Å². The Morgan fingerprint density at radius 3 is 2.82 bits per heavy atom. The summed E-state index contributed by atoms with van der Waals surface area (Å²) in [6.07, 6.45) is 0.0630. The Balaban J connectivity index is 2.20. The lowest BCUT2D eigenvalue weighted by molar-refractivity contribution is -0.698. The first-order valence-corrected chi connectivity index (χ1v) is 6.08. The van der Waals surface area contributed by atoms with Crippen LogP contribution in [0.1, 0.15) is 11.8 Å². The van der Waals surface area contributed by atoms with Crippen LogP contribution in [-0.4, -0.2) is 32.7 Å². The molecule has 0 saturated carbocycles. The molecular weight excluding hydrogens is 242 g/mol. The SMILES string of the molecule is COc1ccc([C@@H]2[NH2+]C[C@@H](CCl)O2)c(OC)c1. The van der Waals surface area contributed by atoms with E-state index in [0.29, 0.717) is 5.88 Å². The molecule has 94 valence electrons. The van der Waals surface area contributed by atoms with Crippen LogP contribution in [0.25, 0.3) is 0 Å². The summed E-state index contributed by atoms with van der Waals surface area (Å²) in [6.45, 7) is 0.878. The molecule has 1 saturated heterocycles.